The molecule has 20 heavy (non-hydrogen) atoms. The Morgan fingerprint density at radius 3 is 2.65 bits per heavy atom. The number of nitrogens with zero attached hydrogens (tertiary/aromatic N) is 1. The Kier molecular flexibility index (Phi) is 3.56. The number of hydrogen-bond acceptors (Lipinski definition) is 3. The molecule has 0 aliphatic rings. The third-order valence-corrected chi connectivity index (χ3v) is 4.38. The smallest absolute Gasteiger partial charge is 0.151 e. The van der Waals surface area contributed by atoms with Crippen LogP contribution in [0.25, 0.3) is 11.1 Å². The van der Waals surface area contributed by atoms with Gasteiger partial charge < -0.3 is 5.32 Å². The van der Waals surface area contributed by atoms with E-state index in [9.17, 15) is 0 Å². The summed E-state index contributed by atoms with van der Waals surface area (Å²) in [6.07, 6.45) is 0. The van der Waals surface area contributed by atoms with Crippen LogP contribution < -0.4 is 5.32 Å². The zero-order valence-electron chi connectivity index (χ0n) is 11.6. The van der Waals surface area contributed by atoms with Crippen molar-refractivity contribution in [3.8, 4) is 11.1 Å². The number of anilines is 1. The minimum absolute atomic E-state index is 0.808. The molecule has 3 nitrogen and oxygen atoms in total. The average molecular weight is 283 g/mol. The quantitative estimate of drug-likeness (QED) is 0.746. The first-order valence-corrected chi connectivity index (χ1v) is 7.50. The van der Waals surface area contributed by atoms with Crippen molar-refractivity contribution in [3.63, 3.8) is 0 Å². The van der Waals surface area contributed by atoms with Crippen LogP contribution >= 0.6 is 11.3 Å². The maximum Gasteiger partial charge on any atom is 0.151 e. The number of aromatic nitrogens is 2. The van der Waals surface area contributed by atoms with Gasteiger partial charge in [-0.2, -0.15) is 5.10 Å². The molecule has 0 aliphatic carbocycles. The van der Waals surface area contributed by atoms with E-state index in [2.05, 4.69) is 58.1 Å². The monoisotopic (exact) mass is 283 g/mol. The molecular weight excluding hydrogens is 266 g/mol. The summed E-state index contributed by atoms with van der Waals surface area (Å²) in [5.41, 5.74) is 4.85. The van der Waals surface area contributed by atoms with Crippen LogP contribution in [0.5, 0.6) is 0 Å². The summed E-state index contributed by atoms with van der Waals surface area (Å²) in [5.74, 6) is 0.942. The van der Waals surface area contributed by atoms with Gasteiger partial charge in [-0.3, -0.25) is 5.10 Å². The van der Waals surface area contributed by atoms with Crippen LogP contribution in [0.3, 0.4) is 0 Å². The van der Waals surface area contributed by atoms with Crippen LogP contribution in [-0.4, -0.2) is 10.2 Å². The second-order valence-corrected chi connectivity index (χ2v) is 5.84. The first-order valence-electron chi connectivity index (χ1n) is 6.62. The van der Waals surface area contributed by atoms with Crippen LogP contribution in [0.15, 0.2) is 41.8 Å². The molecule has 0 bridgehead atoms. The van der Waals surface area contributed by atoms with E-state index >= 15 is 0 Å². The molecule has 1 aromatic carbocycles. The van der Waals surface area contributed by atoms with E-state index in [-0.39, 0.29) is 0 Å². The van der Waals surface area contributed by atoms with Gasteiger partial charge in [-0.15, -0.1) is 11.3 Å². The predicted molar refractivity (Wildman–Crippen MR) is 85.1 cm³/mol. The molecule has 0 radical (unpaired) electrons. The first kappa shape index (κ1) is 12.9. The molecule has 4 heteroatoms. The summed E-state index contributed by atoms with van der Waals surface area (Å²) >= 11 is 1.78. The summed E-state index contributed by atoms with van der Waals surface area (Å²) in [6, 6.07) is 12.7. The highest BCUT2D eigenvalue weighted by Crippen LogP contribution is 2.26. The molecule has 0 fully saturated rings. The Bertz CT molecular complexity index is 698. The van der Waals surface area contributed by atoms with Crippen molar-refractivity contribution in [3.05, 3.63) is 57.9 Å². The topological polar surface area (TPSA) is 40.7 Å². The number of rotatable bonds is 4. The lowest BCUT2D eigenvalue weighted by Gasteiger charge is -2.01. The van der Waals surface area contributed by atoms with Crippen molar-refractivity contribution >= 4 is 17.2 Å². The Morgan fingerprint density at radius 1 is 1.15 bits per heavy atom. The van der Waals surface area contributed by atoms with E-state index in [4.69, 9.17) is 0 Å². The SMILES string of the molecule is Cc1[nH]nc(NCc2cc(-c3ccccc3)cs2)c1C. The zero-order valence-corrected chi connectivity index (χ0v) is 12.4. The summed E-state index contributed by atoms with van der Waals surface area (Å²) < 4.78 is 0. The number of benzene rings is 1. The Balaban J connectivity index is 1.70. The van der Waals surface area contributed by atoms with Crippen LogP contribution in [0.1, 0.15) is 16.1 Å². The van der Waals surface area contributed by atoms with E-state index < -0.39 is 0 Å². The molecule has 3 aromatic rings. The fourth-order valence-corrected chi connectivity index (χ4v) is 2.92. The normalized spacial score (nSPS) is 10.7. The Morgan fingerprint density at radius 2 is 1.95 bits per heavy atom. The largest absolute Gasteiger partial charge is 0.363 e. The van der Waals surface area contributed by atoms with Crippen LogP contribution in [0.2, 0.25) is 0 Å². The van der Waals surface area contributed by atoms with Gasteiger partial charge in [0.25, 0.3) is 0 Å². The number of aromatic amines is 1. The highest BCUT2D eigenvalue weighted by atomic mass is 32.1. The average Bonchev–Trinajstić information content (AvgIpc) is 3.07. The van der Waals surface area contributed by atoms with Crippen molar-refractivity contribution < 1.29 is 0 Å². The summed E-state index contributed by atoms with van der Waals surface area (Å²) in [6.45, 7) is 4.92. The van der Waals surface area contributed by atoms with Crippen molar-refractivity contribution in [1.82, 2.24) is 10.2 Å². The van der Waals surface area contributed by atoms with Gasteiger partial charge >= 0.3 is 0 Å². The molecule has 0 unspecified atom stereocenters. The van der Waals surface area contributed by atoms with Gasteiger partial charge in [0, 0.05) is 16.1 Å². The van der Waals surface area contributed by atoms with E-state index in [1.54, 1.807) is 11.3 Å². The van der Waals surface area contributed by atoms with Gasteiger partial charge in [0.1, 0.15) is 0 Å². The van der Waals surface area contributed by atoms with E-state index in [0.29, 0.717) is 0 Å². The zero-order chi connectivity index (χ0) is 13.9. The van der Waals surface area contributed by atoms with Crippen molar-refractivity contribution in [2.24, 2.45) is 0 Å². The van der Waals surface area contributed by atoms with Gasteiger partial charge in [0.2, 0.25) is 0 Å². The van der Waals surface area contributed by atoms with Crippen molar-refractivity contribution in [2.45, 2.75) is 20.4 Å². The third-order valence-electron chi connectivity index (χ3n) is 3.44. The molecule has 3 rings (SSSR count). The Labute approximate surface area is 122 Å². The standard InChI is InChI=1S/C16H17N3S/c1-11-12(2)18-19-16(11)17-9-15-8-14(10-20-15)13-6-4-3-5-7-13/h3-8,10H,9H2,1-2H3,(H2,17,18,19). The molecule has 2 aromatic heterocycles. The molecule has 0 amide bonds. The lowest BCUT2D eigenvalue weighted by atomic mass is 10.1. The maximum atomic E-state index is 4.26. The highest BCUT2D eigenvalue weighted by molar-refractivity contribution is 7.10. The van der Waals surface area contributed by atoms with Crippen LogP contribution in [0, 0.1) is 13.8 Å². The molecule has 2 heterocycles. The highest BCUT2D eigenvalue weighted by Gasteiger charge is 2.06. The number of nitrogens with one attached hydrogen (secondary N) is 2. The first-order chi connectivity index (χ1) is 9.74. The van der Waals surface area contributed by atoms with Gasteiger partial charge in [0.15, 0.2) is 5.82 Å². The Hall–Kier alpha value is -2.07. The minimum atomic E-state index is 0.808. The molecule has 2 N–H and O–H groups in total. The van der Waals surface area contributed by atoms with Gasteiger partial charge in [-0.25, -0.2) is 0 Å². The second-order valence-electron chi connectivity index (χ2n) is 4.84. The second kappa shape index (κ2) is 5.51. The lowest BCUT2D eigenvalue weighted by Crippen LogP contribution is -1.99. The fourth-order valence-electron chi connectivity index (χ4n) is 2.08. The maximum absolute atomic E-state index is 4.26. The third kappa shape index (κ3) is 2.60. The summed E-state index contributed by atoms with van der Waals surface area (Å²) in [7, 11) is 0. The molecule has 0 atom stereocenters. The molecular formula is C16H17N3S. The number of aryl methyl sites for hydroxylation is 1. The van der Waals surface area contributed by atoms with Crippen molar-refractivity contribution in [2.75, 3.05) is 5.32 Å². The van der Waals surface area contributed by atoms with Crippen LogP contribution in [0.4, 0.5) is 5.82 Å². The lowest BCUT2D eigenvalue weighted by molar-refractivity contribution is 1.03. The molecule has 102 valence electrons. The fraction of sp³-hybridized carbons (Fsp3) is 0.188. The number of H-pyrrole nitrogens is 1. The minimum Gasteiger partial charge on any atom is -0.363 e. The predicted octanol–water partition coefficient (Wildman–Crippen LogP) is 4.37. The summed E-state index contributed by atoms with van der Waals surface area (Å²) in [4.78, 5) is 1.31. The van der Waals surface area contributed by atoms with E-state index in [1.807, 2.05) is 13.0 Å². The number of hydrogen-bond donors (Lipinski definition) is 2. The van der Waals surface area contributed by atoms with E-state index in [1.165, 1.54) is 21.6 Å². The molecule has 0 saturated carbocycles. The van der Waals surface area contributed by atoms with E-state index in [0.717, 1.165) is 18.1 Å². The molecule has 0 saturated heterocycles. The van der Waals surface area contributed by atoms with Gasteiger partial charge in [0.05, 0.1) is 6.54 Å². The number of thiophene rings is 1. The van der Waals surface area contributed by atoms with Gasteiger partial charge in [-0.1, -0.05) is 30.3 Å². The van der Waals surface area contributed by atoms with Gasteiger partial charge in [-0.05, 0) is 36.4 Å². The molecule has 0 spiro atoms. The molecule has 0 aliphatic heterocycles. The van der Waals surface area contributed by atoms with Crippen LogP contribution in [-0.2, 0) is 6.54 Å². The van der Waals surface area contributed by atoms with Crippen molar-refractivity contribution in [1.29, 1.82) is 0 Å². The summed E-state index contributed by atoms with van der Waals surface area (Å²) in [5, 5.41) is 12.8.